The van der Waals surface area contributed by atoms with Crippen molar-refractivity contribution in [2.75, 3.05) is 11.9 Å². The molecule has 2 aromatic carbocycles. The molecule has 0 aliphatic carbocycles. The van der Waals surface area contributed by atoms with Crippen LogP contribution in [0.1, 0.15) is 54.5 Å². The van der Waals surface area contributed by atoms with Crippen LogP contribution in [0, 0.1) is 6.92 Å². The molecule has 1 unspecified atom stereocenters. The lowest BCUT2D eigenvalue weighted by Gasteiger charge is -2.13. The van der Waals surface area contributed by atoms with Gasteiger partial charge in [-0.3, -0.25) is 9.78 Å². The maximum atomic E-state index is 12.7. The van der Waals surface area contributed by atoms with Crippen LogP contribution < -0.4 is 10.1 Å². The quantitative estimate of drug-likeness (QED) is 0.405. The van der Waals surface area contributed by atoms with E-state index in [-0.39, 0.29) is 12.0 Å². The van der Waals surface area contributed by atoms with E-state index in [2.05, 4.69) is 36.3 Å². The van der Waals surface area contributed by atoms with Gasteiger partial charge < -0.3 is 14.8 Å². The van der Waals surface area contributed by atoms with Crippen molar-refractivity contribution in [3.05, 3.63) is 83.2 Å². The number of aromatic nitrogens is 1. The van der Waals surface area contributed by atoms with Crippen molar-refractivity contribution >= 4 is 11.6 Å². The van der Waals surface area contributed by atoms with Crippen LogP contribution in [0.5, 0.6) is 11.5 Å². The smallest absolute Gasteiger partial charge is 0.257 e. The van der Waals surface area contributed by atoms with E-state index in [4.69, 9.17) is 9.47 Å². The van der Waals surface area contributed by atoms with Crippen molar-refractivity contribution in [2.24, 2.45) is 0 Å². The molecule has 1 atom stereocenters. The first kappa shape index (κ1) is 23.5. The van der Waals surface area contributed by atoms with Crippen LogP contribution >= 0.6 is 0 Å². The molecular formula is C27H32N2O3. The van der Waals surface area contributed by atoms with Crippen LogP contribution in [-0.4, -0.2) is 23.6 Å². The topological polar surface area (TPSA) is 60.5 Å². The van der Waals surface area contributed by atoms with Crippen LogP contribution in [0.3, 0.4) is 0 Å². The largest absolute Gasteiger partial charge is 0.457 e. The molecule has 1 heterocycles. The number of hydrogen-bond donors (Lipinski definition) is 1. The molecule has 1 N–H and O–H groups in total. The summed E-state index contributed by atoms with van der Waals surface area (Å²) in [5.74, 6) is 1.32. The maximum Gasteiger partial charge on any atom is 0.257 e. The Morgan fingerprint density at radius 1 is 0.969 bits per heavy atom. The highest BCUT2D eigenvalue weighted by Crippen LogP contribution is 2.24. The normalized spacial score (nSPS) is 11.8. The fourth-order valence-electron chi connectivity index (χ4n) is 3.37. The molecule has 168 valence electrons. The Morgan fingerprint density at radius 3 is 2.22 bits per heavy atom. The van der Waals surface area contributed by atoms with Gasteiger partial charge >= 0.3 is 0 Å². The molecular weight excluding hydrogens is 400 g/mol. The number of benzene rings is 2. The van der Waals surface area contributed by atoms with Gasteiger partial charge in [-0.05, 0) is 80.8 Å². The number of carbonyl (C=O) groups excluding carboxylic acids is 1. The molecule has 0 saturated carbocycles. The predicted molar refractivity (Wildman–Crippen MR) is 129 cm³/mol. The van der Waals surface area contributed by atoms with Gasteiger partial charge in [0.05, 0.1) is 17.4 Å². The fraction of sp³-hybridized carbons (Fsp3) is 0.333. The van der Waals surface area contributed by atoms with Gasteiger partial charge in [0.1, 0.15) is 11.5 Å². The van der Waals surface area contributed by atoms with Crippen LogP contribution in [0.4, 0.5) is 5.69 Å². The van der Waals surface area contributed by atoms with E-state index >= 15 is 0 Å². The number of hydrogen-bond acceptors (Lipinski definition) is 4. The van der Waals surface area contributed by atoms with E-state index in [1.165, 1.54) is 5.56 Å². The lowest BCUT2D eigenvalue weighted by atomic mass is 10.1. The number of nitrogens with zero attached hydrogens (tertiary/aromatic N) is 1. The summed E-state index contributed by atoms with van der Waals surface area (Å²) in [5.41, 5.74) is 4.17. The van der Waals surface area contributed by atoms with Gasteiger partial charge in [-0.1, -0.05) is 26.0 Å². The fourth-order valence-corrected chi connectivity index (χ4v) is 3.37. The lowest BCUT2D eigenvalue weighted by molar-refractivity contribution is 0.0663. The van der Waals surface area contributed by atoms with Gasteiger partial charge in [-0.2, -0.15) is 0 Å². The van der Waals surface area contributed by atoms with E-state index in [1.54, 1.807) is 0 Å². The van der Waals surface area contributed by atoms with Crippen LogP contribution in [-0.2, 0) is 17.6 Å². The second-order valence-electron chi connectivity index (χ2n) is 7.90. The van der Waals surface area contributed by atoms with E-state index in [0.29, 0.717) is 22.7 Å². The van der Waals surface area contributed by atoms with Gasteiger partial charge in [-0.25, -0.2) is 0 Å². The molecule has 3 rings (SSSR count). The maximum absolute atomic E-state index is 12.7. The highest BCUT2D eigenvalue weighted by Gasteiger charge is 2.13. The van der Waals surface area contributed by atoms with Crippen molar-refractivity contribution in [1.29, 1.82) is 0 Å². The molecule has 0 aliphatic heterocycles. The van der Waals surface area contributed by atoms with Gasteiger partial charge in [0, 0.05) is 24.4 Å². The molecule has 3 aromatic rings. The highest BCUT2D eigenvalue weighted by atomic mass is 16.5. The monoisotopic (exact) mass is 432 g/mol. The van der Waals surface area contributed by atoms with Gasteiger partial charge in [0.2, 0.25) is 0 Å². The van der Waals surface area contributed by atoms with Gasteiger partial charge in [-0.15, -0.1) is 0 Å². The molecule has 0 radical (unpaired) electrons. The van der Waals surface area contributed by atoms with Crippen LogP contribution in [0.15, 0.2) is 60.7 Å². The van der Waals surface area contributed by atoms with Crippen LogP contribution in [0.2, 0.25) is 0 Å². The minimum Gasteiger partial charge on any atom is -0.457 e. The van der Waals surface area contributed by atoms with E-state index in [9.17, 15) is 4.79 Å². The Labute approximate surface area is 190 Å². The minimum absolute atomic E-state index is 0.104. The predicted octanol–water partition coefficient (Wildman–Crippen LogP) is 6.35. The molecule has 0 fully saturated rings. The average molecular weight is 433 g/mol. The number of pyridine rings is 1. The molecule has 5 heteroatoms. The molecule has 0 bridgehead atoms. The van der Waals surface area contributed by atoms with E-state index in [1.807, 2.05) is 62.4 Å². The van der Waals surface area contributed by atoms with Crippen molar-refractivity contribution in [3.63, 3.8) is 0 Å². The van der Waals surface area contributed by atoms with E-state index < -0.39 is 0 Å². The molecule has 1 aromatic heterocycles. The molecule has 5 nitrogen and oxygen atoms in total. The van der Waals surface area contributed by atoms with Crippen molar-refractivity contribution in [2.45, 2.75) is 53.1 Å². The zero-order chi connectivity index (χ0) is 22.9. The molecule has 32 heavy (non-hydrogen) atoms. The Bertz CT molecular complexity index is 1010. The van der Waals surface area contributed by atoms with Gasteiger partial charge in [0.15, 0.2) is 0 Å². The molecule has 0 saturated heterocycles. The summed E-state index contributed by atoms with van der Waals surface area (Å²) in [5, 5.41) is 2.93. The molecule has 0 spiro atoms. The van der Waals surface area contributed by atoms with Crippen molar-refractivity contribution < 1.29 is 14.3 Å². The summed E-state index contributed by atoms with van der Waals surface area (Å²) >= 11 is 0. The highest BCUT2D eigenvalue weighted by molar-refractivity contribution is 6.05. The number of nitrogens with one attached hydrogen (secondary N) is 1. The second-order valence-corrected chi connectivity index (χ2v) is 7.90. The van der Waals surface area contributed by atoms with Crippen LogP contribution in [0.25, 0.3) is 0 Å². The van der Waals surface area contributed by atoms with Gasteiger partial charge in [0.25, 0.3) is 5.91 Å². The third-order valence-electron chi connectivity index (χ3n) is 5.17. The summed E-state index contributed by atoms with van der Waals surface area (Å²) in [7, 11) is 0. The van der Waals surface area contributed by atoms with Crippen molar-refractivity contribution in [3.8, 4) is 11.5 Å². The number of aryl methyl sites for hydroxylation is 2. The second kappa shape index (κ2) is 11.4. The first-order valence-electron chi connectivity index (χ1n) is 11.2. The number of carbonyl (C=O) groups is 1. The number of amides is 1. The number of rotatable bonds is 10. The first-order valence-corrected chi connectivity index (χ1v) is 11.2. The number of ether oxygens (including phenoxy) is 2. The Hall–Kier alpha value is -3.18. The average Bonchev–Trinajstić information content (AvgIpc) is 2.79. The molecule has 1 amide bonds. The minimum atomic E-state index is -0.180. The third kappa shape index (κ3) is 6.66. The summed E-state index contributed by atoms with van der Waals surface area (Å²) in [4.78, 5) is 17.3. The number of anilines is 1. The SMILES string of the molecule is CCCOC(C)Cc1ccc(C(=O)Nc2ccc(Oc3ccc(CC)cc3)cc2)c(C)n1. The Kier molecular flexibility index (Phi) is 8.40. The Balaban J connectivity index is 1.59. The summed E-state index contributed by atoms with van der Waals surface area (Å²) in [6.07, 6.45) is 2.83. The molecule has 0 aliphatic rings. The zero-order valence-corrected chi connectivity index (χ0v) is 19.4. The Morgan fingerprint density at radius 2 is 1.62 bits per heavy atom. The first-order chi connectivity index (χ1) is 15.5. The summed E-state index contributed by atoms with van der Waals surface area (Å²) in [6.45, 7) is 8.86. The zero-order valence-electron chi connectivity index (χ0n) is 19.4. The summed E-state index contributed by atoms with van der Waals surface area (Å²) in [6, 6.07) is 19.1. The summed E-state index contributed by atoms with van der Waals surface area (Å²) < 4.78 is 11.6. The van der Waals surface area contributed by atoms with Crippen molar-refractivity contribution in [1.82, 2.24) is 4.98 Å². The third-order valence-corrected chi connectivity index (χ3v) is 5.17. The standard InChI is InChI=1S/C27H32N2O3/c1-5-17-31-19(3)18-23-11-16-26(20(4)28-23)27(30)29-22-9-14-25(15-10-22)32-24-12-7-21(6-2)8-13-24/h7-16,19H,5-6,17-18H2,1-4H3,(H,29,30). The van der Waals surface area contributed by atoms with E-state index in [0.717, 1.165) is 37.3 Å². The lowest BCUT2D eigenvalue weighted by Crippen LogP contribution is -2.16.